The molecule has 3 aromatic rings. The molecule has 0 amide bonds. The van der Waals surface area contributed by atoms with Gasteiger partial charge in [0.15, 0.2) is 0 Å². The number of carboxylic acid groups (broad SMARTS) is 2. The summed E-state index contributed by atoms with van der Waals surface area (Å²) in [4.78, 5) is 10.9. The van der Waals surface area contributed by atoms with Gasteiger partial charge in [0.25, 0.3) is 0 Å². The fraction of sp³-hybridized carbons (Fsp3) is 0.174. The standard InChI is InChI=1S/C22H26NP.CH2O3/c1-23(2)18-19-24(20-12-6-3-7-13-20,21-14-8-4-9-15-21)22-16-10-5-11-17-22;2-1(3)4/h3-17,24H,18-19H2,1-2H3;(H2,2,3,4). The van der Waals surface area contributed by atoms with Crippen molar-refractivity contribution in [2.24, 2.45) is 0 Å². The number of nitrogens with zero attached hydrogens (tertiary/aromatic N) is 1. The minimum absolute atomic E-state index is 1.09. The molecule has 0 aliphatic carbocycles. The van der Waals surface area contributed by atoms with Gasteiger partial charge in [0, 0.05) is 0 Å². The summed E-state index contributed by atoms with van der Waals surface area (Å²) in [6.07, 6.45) is -0.655. The van der Waals surface area contributed by atoms with Crippen LogP contribution in [0.1, 0.15) is 0 Å². The number of rotatable bonds is 6. The van der Waals surface area contributed by atoms with Crippen molar-refractivity contribution < 1.29 is 15.0 Å². The molecule has 0 aliphatic rings. The van der Waals surface area contributed by atoms with Crippen molar-refractivity contribution in [3.8, 4) is 0 Å². The summed E-state index contributed by atoms with van der Waals surface area (Å²) >= 11 is 0. The molecule has 0 radical (unpaired) electrons. The number of carbonyl (C=O) groups is 1. The Morgan fingerprint density at radius 2 is 1.00 bits per heavy atom. The van der Waals surface area contributed by atoms with Gasteiger partial charge in [0.2, 0.25) is 0 Å². The van der Waals surface area contributed by atoms with Crippen molar-refractivity contribution in [1.82, 2.24) is 4.90 Å². The first-order chi connectivity index (χ1) is 13.5. The van der Waals surface area contributed by atoms with Crippen LogP contribution in [0, 0.1) is 0 Å². The van der Waals surface area contributed by atoms with Gasteiger partial charge in [-0.1, -0.05) is 0 Å². The first kappa shape index (κ1) is 21.6. The average molecular weight is 397 g/mol. The molecule has 0 aliphatic heterocycles. The van der Waals surface area contributed by atoms with Gasteiger partial charge in [-0.25, -0.2) is 4.79 Å². The van der Waals surface area contributed by atoms with Gasteiger partial charge < -0.3 is 10.2 Å². The van der Waals surface area contributed by atoms with Gasteiger partial charge in [-0.2, -0.15) is 0 Å². The van der Waals surface area contributed by atoms with Gasteiger partial charge in [-0.3, -0.25) is 0 Å². The van der Waals surface area contributed by atoms with E-state index in [-0.39, 0.29) is 0 Å². The van der Waals surface area contributed by atoms with Gasteiger partial charge in [-0.15, -0.1) is 0 Å². The molecule has 2 N–H and O–H groups in total. The van der Waals surface area contributed by atoms with Crippen LogP contribution in [-0.2, 0) is 0 Å². The Hall–Kier alpha value is -2.68. The van der Waals surface area contributed by atoms with Crippen LogP contribution in [0.25, 0.3) is 0 Å². The Labute approximate surface area is 167 Å². The zero-order chi connectivity index (χ0) is 20.4. The van der Waals surface area contributed by atoms with E-state index in [2.05, 4.69) is 110 Å². The quantitative estimate of drug-likeness (QED) is 0.625. The molecule has 0 heterocycles. The fourth-order valence-corrected chi connectivity index (χ4v) is 8.43. The smallest absolute Gasteiger partial charge is 0.450 e. The largest absolute Gasteiger partial charge is 0.503 e. The molecule has 5 heteroatoms. The third-order valence-corrected chi connectivity index (χ3v) is 9.66. The molecule has 0 saturated carbocycles. The maximum atomic E-state index is 8.56. The van der Waals surface area contributed by atoms with Crippen LogP contribution in [0.4, 0.5) is 4.79 Å². The first-order valence-electron chi connectivity index (χ1n) is 9.20. The molecule has 28 heavy (non-hydrogen) atoms. The van der Waals surface area contributed by atoms with Crippen molar-refractivity contribution in [1.29, 1.82) is 0 Å². The normalized spacial score (nSPS) is 11.4. The number of benzene rings is 3. The zero-order valence-corrected chi connectivity index (χ0v) is 17.3. The molecule has 148 valence electrons. The SMILES string of the molecule is CN(C)CC[PH](c1ccccc1)(c1ccccc1)c1ccccc1.O=C(O)O. The molecule has 0 bridgehead atoms. The molecular formula is C23H28NO3P. The fourth-order valence-electron chi connectivity index (χ4n) is 3.49. The van der Waals surface area contributed by atoms with E-state index in [0.29, 0.717) is 0 Å². The molecule has 0 aromatic heterocycles. The summed E-state index contributed by atoms with van der Waals surface area (Å²) in [6, 6.07) is 33.4. The average Bonchev–Trinajstić information content (AvgIpc) is 2.70. The number of hydrogen-bond donors (Lipinski definition) is 2. The van der Waals surface area contributed by atoms with Crippen molar-refractivity contribution in [2.75, 3.05) is 26.8 Å². The van der Waals surface area contributed by atoms with E-state index in [0.717, 1.165) is 6.54 Å². The Balaban J connectivity index is 0.000000640. The third-order valence-electron chi connectivity index (χ3n) is 4.73. The summed E-state index contributed by atoms with van der Waals surface area (Å²) in [5.41, 5.74) is 0. The summed E-state index contributed by atoms with van der Waals surface area (Å²) in [7, 11) is 2.31. The van der Waals surface area contributed by atoms with Crippen molar-refractivity contribution >= 4 is 29.3 Å². The van der Waals surface area contributed by atoms with E-state index in [9.17, 15) is 0 Å². The van der Waals surface area contributed by atoms with E-state index in [1.807, 2.05) is 0 Å². The maximum Gasteiger partial charge on any atom is 0.503 e. The van der Waals surface area contributed by atoms with Crippen LogP contribution in [0.3, 0.4) is 0 Å². The van der Waals surface area contributed by atoms with Crippen LogP contribution >= 0.6 is 7.26 Å². The second kappa shape index (κ2) is 10.6. The topological polar surface area (TPSA) is 60.8 Å². The van der Waals surface area contributed by atoms with E-state index in [4.69, 9.17) is 15.0 Å². The second-order valence-electron chi connectivity index (χ2n) is 6.84. The summed E-state index contributed by atoms with van der Waals surface area (Å²) in [6.45, 7) is 1.09. The molecular weight excluding hydrogens is 369 g/mol. The van der Waals surface area contributed by atoms with Crippen LogP contribution < -0.4 is 15.9 Å². The first-order valence-corrected chi connectivity index (χ1v) is 11.4. The van der Waals surface area contributed by atoms with E-state index < -0.39 is 13.4 Å². The predicted molar refractivity (Wildman–Crippen MR) is 121 cm³/mol. The summed E-state index contributed by atoms with van der Waals surface area (Å²) < 4.78 is 0. The Bertz CT molecular complexity index is 739. The molecule has 3 rings (SSSR count). The Kier molecular flexibility index (Phi) is 8.19. The maximum absolute atomic E-state index is 8.56. The minimum atomic E-state index is -2.03. The van der Waals surface area contributed by atoms with Crippen molar-refractivity contribution in [3.05, 3.63) is 91.0 Å². The zero-order valence-electron chi connectivity index (χ0n) is 16.3. The van der Waals surface area contributed by atoms with E-state index in [1.54, 1.807) is 0 Å². The molecule has 4 nitrogen and oxygen atoms in total. The summed E-state index contributed by atoms with van der Waals surface area (Å²) in [5.74, 6) is 0. The van der Waals surface area contributed by atoms with Gasteiger partial charge in [0.1, 0.15) is 0 Å². The molecule has 0 saturated heterocycles. The minimum Gasteiger partial charge on any atom is -0.450 e. The molecule has 0 spiro atoms. The molecule has 0 atom stereocenters. The van der Waals surface area contributed by atoms with Crippen LogP contribution in [0.5, 0.6) is 0 Å². The second-order valence-corrected chi connectivity index (χ2v) is 10.9. The monoisotopic (exact) mass is 397 g/mol. The van der Waals surface area contributed by atoms with Crippen molar-refractivity contribution in [2.45, 2.75) is 0 Å². The van der Waals surface area contributed by atoms with Gasteiger partial charge in [-0.05, 0) is 0 Å². The van der Waals surface area contributed by atoms with E-state index >= 15 is 0 Å². The number of hydrogen-bond acceptors (Lipinski definition) is 2. The third kappa shape index (κ3) is 5.66. The van der Waals surface area contributed by atoms with Gasteiger partial charge in [0.05, 0.1) is 0 Å². The van der Waals surface area contributed by atoms with E-state index in [1.165, 1.54) is 22.1 Å². The molecule has 0 fully saturated rings. The molecule has 0 unspecified atom stereocenters. The van der Waals surface area contributed by atoms with Crippen LogP contribution in [-0.4, -0.2) is 48.1 Å². The van der Waals surface area contributed by atoms with Crippen molar-refractivity contribution in [3.63, 3.8) is 0 Å². The Morgan fingerprint density at radius 1 is 0.714 bits per heavy atom. The molecule has 3 aromatic carbocycles. The predicted octanol–water partition coefficient (Wildman–Crippen LogP) is 3.50. The van der Waals surface area contributed by atoms with Crippen LogP contribution in [0.2, 0.25) is 0 Å². The summed E-state index contributed by atoms with van der Waals surface area (Å²) in [5, 5.41) is 18.4. The Morgan fingerprint density at radius 3 is 1.25 bits per heavy atom. The van der Waals surface area contributed by atoms with Gasteiger partial charge >= 0.3 is 152 Å². The van der Waals surface area contributed by atoms with Crippen LogP contribution in [0.15, 0.2) is 91.0 Å².